The predicted molar refractivity (Wildman–Crippen MR) is 129 cm³/mol. The highest BCUT2D eigenvalue weighted by Gasteiger charge is 2.68. The van der Waals surface area contributed by atoms with Gasteiger partial charge >= 0.3 is 5.97 Å². The van der Waals surface area contributed by atoms with E-state index in [9.17, 15) is 4.79 Å². The number of rotatable bonds is 5. The van der Waals surface area contributed by atoms with Crippen LogP contribution in [0.3, 0.4) is 0 Å². The summed E-state index contributed by atoms with van der Waals surface area (Å²) in [6, 6.07) is 11.9. The lowest BCUT2D eigenvalue weighted by molar-refractivity contribution is -0.169. The molecule has 1 aliphatic carbocycles. The maximum absolute atomic E-state index is 15.4. The van der Waals surface area contributed by atoms with Crippen molar-refractivity contribution in [3.63, 3.8) is 0 Å². The number of amidine groups is 1. The second-order valence-electron chi connectivity index (χ2n) is 9.88. The van der Waals surface area contributed by atoms with E-state index in [1.807, 2.05) is 43.3 Å². The van der Waals surface area contributed by atoms with E-state index < -0.39 is 47.6 Å². The molecule has 0 spiro atoms. The molecule has 6 nitrogen and oxygen atoms in total. The molecule has 182 valence electrons. The minimum atomic E-state index is -3.05. The number of carbonyl (C=O) groups excluding carboxylic acids is 1. The Morgan fingerprint density at radius 2 is 1.97 bits per heavy atom. The van der Waals surface area contributed by atoms with E-state index in [4.69, 9.17) is 4.74 Å². The van der Waals surface area contributed by atoms with E-state index in [-0.39, 0.29) is 13.1 Å². The van der Waals surface area contributed by atoms with Gasteiger partial charge < -0.3 is 4.74 Å². The molecule has 3 aliphatic rings. The number of azo groups is 1. The normalized spacial score (nSPS) is 31.5. The van der Waals surface area contributed by atoms with Crippen LogP contribution in [0.5, 0.6) is 0 Å². The molecule has 5 atom stereocenters. The first-order valence-corrected chi connectivity index (χ1v) is 11.9. The molecule has 3 heterocycles. The summed E-state index contributed by atoms with van der Waals surface area (Å²) in [6.07, 6.45) is 4.29. The number of aliphatic imine (C=N–C) groups is 1. The molecular formula is C27H28F2N4O2. The first-order chi connectivity index (χ1) is 16.7. The maximum Gasteiger partial charge on any atom is 0.313 e. The summed E-state index contributed by atoms with van der Waals surface area (Å²) in [5.41, 5.74) is 2.53. The lowest BCUT2D eigenvalue weighted by Crippen LogP contribution is -2.54. The molecule has 0 bridgehead atoms. The quantitative estimate of drug-likeness (QED) is 0.486. The molecule has 0 amide bonds. The van der Waals surface area contributed by atoms with Crippen LogP contribution >= 0.6 is 0 Å². The van der Waals surface area contributed by atoms with Gasteiger partial charge in [0.05, 0.1) is 11.1 Å². The summed E-state index contributed by atoms with van der Waals surface area (Å²) in [6.45, 7) is 5.55. The number of halogens is 2. The first kappa shape index (κ1) is 23.5. The molecule has 5 rings (SSSR count). The molecule has 2 aromatic rings. The molecule has 8 heteroatoms. The van der Waals surface area contributed by atoms with Gasteiger partial charge in [-0.25, -0.2) is 13.8 Å². The van der Waals surface area contributed by atoms with Gasteiger partial charge in [-0.3, -0.25) is 9.78 Å². The summed E-state index contributed by atoms with van der Waals surface area (Å²) in [5, 5.41) is 7.79. The van der Waals surface area contributed by atoms with E-state index in [1.54, 1.807) is 32.2 Å². The summed E-state index contributed by atoms with van der Waals surface area (Å²) in [7, 11) is 0. The van der Waals surface area contributed by atoms with Crippen molar-refractivity contribution in [1.82, 2.24) is 4.98 Å². The number of benzene rings is 1. The number of aromatic nitrogens is 1. The van der Waals surface area contributed by atoms with Crippen LogP contribution in [-0.2, 0) is 9.53 Å². The topological polar surface area (TPSA) is 76.3 Å². The van der Waals surface area contributed by atoms with Crippen LogP contribution in [0.15, 0.2) is 63.9 Å². The SMILES string of the molecule is Cc1ccccc1-c1ccc(/C=C/[C@@H]2[C@@H]3[C@@H](C)OC(=O)[C@]3(CC3=NCN=N3)CC(F)(F)[C@H]2C)nc1. The Hall–Kier alpha value is -3.29. The molecule has 0 N–H and O–H groups in total. The number of ether oxygens (including phenoxy) is 1. The van der Waals surface area contributed by atoms with E-state index in [1.165, 1.54) is 0 Å². The number of allylic oxidation sites excluding steroid dienone is 1. The minimum Gasteiger partial charge on any atom is -0.462 e. The first-order valence-electron chi connectivity index (χ1n) is 11.9. The van der Waals surface area contributed by atoms with Crippen LogP contribution < -0.4 is 0 Å². The molecule has 0 unspecified atom stereocenters. The molecule has 2 fully saturated rings. The number of hydrogen-bond acceptors (Lipinski definition) is 6. The van der Waals surface area contributed by atoms with Crippen LogP contribution in [0.1, 0.15) is 37.9 Å². The van der Waals surface area contributed by atoms with Gasteiger partial charge in [-0.05, 0) is 43.0 Å². The summed E-state index contributed by atoms with van der Waals surface area (Å²) < 4.78 is 36.3. The van der Waals surface area contributed by atoms with Crippen molar-refractivity contribution in [3.05, 3.63) is 59.9 Å². The molecule has 1 aromatic heterocycles. The molecule has 1 saturated carbocycles. The summed E-state index contributed by atoms with van der Waals surface area (Å²) in [4.78, 5) is 21.7. The molecule has 35 heavy (non-hydrogen) atoms. The number of fused-ring (bicyclic) bond motifs is 1. The van der Waals surface area contributed by atoms with Crippen LogP contribution in [0, 0.1) is 30.1 Å². The van der Waals surface area contributed by atoms with Gasteiger partial charge in [0, 0.05) is 36.4 Å². The van der Waals surface area contributed by atoms with Crippen molar-refractivity contribution >= 4 is 17.9 Å². The van der Waals surface area contributed by atoms with Gasteiger partial charge in [0.1, 0.15) is 11.9 Å². The zero-order chi connectivity index (χ0) is 24.8. The van der Waals surface area contributed by atoms with Gasteiger partial charge in [-0.15, -0.1) is 5.11 Å². The summed E-state index contributed by atoms with van der Waals surface area (Å²) in [5.74, 6) is -5.28. The second-order valence-corrected chi connectivity index (χ2v) is 9.88. The van der Waals surface area contributed by atoms with Gasteiger partial charge in [-0.1, -0.05) is 43.3 Å². The highest BCUT2D eigenvalue weighted by molar-refractivity contribution is 5.91. The van der Waals surface area contributed by atoms with E-state index in [0.29, 0.717) is 11.5 Å². The third kappa shape index (κ3) is 4.09. The van der Waals surface area contributed by atoms with E-state index in [2.05, 4.69) is 20.2 Å². The number of carbonyl (C=O) groups is 1. The molecule has 2 aliphatic heterocycles. The van der Waals surface area contributed by atoms with Crippen molar-refractivity contribution in [3.8, 4) is 11.1 Å². The Labute approximate surface area is 203 Å². The van der Waals surface area contributed by atoms with Crippen LogP contribution in [-0.4, -0.2) is 35.5 Å². The largest absolute Gasteiger partial charge is 0.462 e. The van der Waals surface area contributed by atoms with Crippen molar-refractivity contribution in [2.75, 3.05) is 6.67 Å². The molecular weight excluding hydrogens is 450 g/mol. The predicted octanol–water partition coefficient (Wildman–Crippen LogP) is 6.12. The fraction of sp³-hybridized carbons (Fsp3) is 0.444. The summed E-state index contributed by atoms with van der Waals surface area (Å²) >= 11 is 0. The number of nitrogens with zero attached hydrogens (tertiary/aromatic N) is 4. The Kier molecular flexibility index (Phi) is 5.85. The number of esters is 1. The second kappa shape index (κ2) is 8.73. The monoisotopic (exact) mass is 478 g/mol. The average molecular weight is 479 g/mol. The smallest absolute Gasteiger partial charge is 0.313 e. The van der Waals surface area contributed by atoms with Crippen LogP contribution in [0.25, 0.3) is 17.2 Å². The number of hydrogen-bond donors (Lipinski definition) is 0. The number of alkyl halides is 2. The van der Waals surface area contributed by atoms with Gasteiger partial charge in [-0.2, -0.15) is 5.11 Å². The molecule has 1 saturated heterocycles. The molecule has 1 aromatic carbocycles. The number of cyclic esters (lactones) is 1. The highest BCUT2D eigenvalue weighted by Crippen LogP contribution is 2.61. The standard InChI is InChI=1S/C27H28F2N4O2/c1-16-6-4-5-7-21(16)19-8-9-20(30-13-19)10-11-22-17(2)27(28,29)14-26(12-23-31-15-32-33-23)24(22)18(3)35-25(26)34/h4-11,13,17-18,22,24H,12,14-15H2,1-3H3/b11-10+/t17-,18+,22-,24-,26+/m0/s1. The van der Waals surface area contributed by atoms with Crippen molar-refractivity contribution in [2.45, 2.75) is 45.6 Å². The fourth-order valence-electron chi connectivity index (χ4n) is 5.93. The lowest BCUT2D eigenvalue weighted by atomic mass is 9.55. The Balaban J connectivity index is 1.46. The van der Waals surface area contributed by atoms with Gasteiger partial charge in [0.15, 0.2) is 6.67 Å². The lowest BCUT2D eigenvalue weighted by Gasteiger charge is -2.47. The van der Waals surface area contributed by atoms with Crippen molar-refractivity contribution < 1.29 is 18.3 Å². The zero-order valence-electron chi connectivity index (χ0n) is 20.0. The number of aryl methyl sites for hydroxylation is 1. The Morgan fingerprint density at radius 3 is 2.66 bits per heavy atom. The fourth-order valence-corrected chi connectivity index (χ4v) is 5.93. The zero-order valence-corrected chi connectivity index (χ0v) is 20.0. The van der Waals surface area contributed by atoms with Gasteiger partial charge in [0.2, 0.25) is 0 Å². The maximum atomic E-state index is 15.4. The third-order valence-corrected chi connectivity index (χ3v) is 7.76. The van der Waals surface area contributed by atoms with E-state index in [0.717, 1.165) is 16.7 Å². The molecule has 0 radical (unpaired) electrons. The highest BCUT2D eigenvalue weighted by atomic mass is 19.3. The number of pyridine rings is 1. The van der Waals surface area contributed by atoms with Crippen LogP contribution in [0.4, 0.5) is 8.78 Å². The third-order valence-electron chi connectivity index (χ3n) is 7.76. The van der Waals surface area contributed by atoms with Gasteiger partial charge in [0.25, 0.3) is 5.92 Å². The van der Waals surface area contributed by atoms with Crippen LogP contribution in [0.2, 0.25) is 0 Å². The Bertz CT molecular complexity index is 1220. The average Bonchev–Trinajstić information content (AvgIpc) is 3.41. The van der Waals surface area contributed by atoms with E-state index >= 15 is 8.78 Å². The minimum absolute atomic E-state index is 0.0142. The van der Waals surface area contributed by atoms with Crippen molar-refractivity contribution in [2.24, 2.45) is 38.4 Å². The van der Waals surface area contributed by atoms with Crippen molar-refractivity contribution in [1.29, 1.82) is 0 Å². The Morgan fingerprint density at radius 1 is 1.17 bits per heavy atom.